The SMILES string of the molecule is Cc1ccc(-c2sc(C3CCN(C(=O)Cc4ccsc4)CC3)nc2-c2ccc(Cl)cc2)cc1. The molecule has 4 aromatic rings. The van der Waals surface area contributed by atoms with Crippen molar-refractivity contribution in [1.29, 1.82) is 0 Å². The van der Waals surface area contributed by atoms with E-state index in [1.807, 2.05) is 40.6 Å². The number of carbonyl (C=O) groups excluding carboxylic acids is 1. The maximum Gasteiger partial charge on any atom is 0.227 e. The number of benzene rings is 2. The Bertz CT molecular complexity index is 1160. The van der Waals surface area contributed by atoms with Crippen molar-refractivity contribution >= 4 is 40.2 Å². The molecule has 1 fully saturated rings. The van der Waals surface area contributed by atoms with Gasteiger partial charge < -0.3 is 4.90 Å². The highest BCUT2D eigenvalue weighted by molar-refractivity contribution is 7.15. The predicted molar refractivity (Wildman–Crippen MR) is 139 cm³/mol. The molecule has 1 aliphatic heterocycles. The van der Waals surface area contributed by atoms with E-state index in [-0.39, 0.29) is 5.91 Å². The Hall–Kier alpha value is -2.47. The molecule has 168 valence electrons. The molecule has 0 saturated carbocycles. The van der Waals surface area contributed by atoms with Crippen molar-refractivity contribution < 1.29 is 4.79 Å². The van der Waals surface area contributed by atoms with Gasteiger partial charge in [0.05, 0.1) is 22.0 Å². The van der Waals surface area contributed by atoms with E-state index in [9.17, 15) is 4.79 Å². The second-order valence-electron chi connectivity index (χ2n) is 8.57. The van der Waals surface area contributed by atoms with E-state index in [1.165, 1.54) is 21.0 Å². The summed E-state index contributed by atoms with van der Waals surface area (Å²) in [5.74, 6) is 0.610. The summed E-state index contributed by atoms with van der Waals surface area (Å²) in [5, 5.41) is 5.98. The second-order valence-corrected chi connectivity index (χ2v) is 10.8. The van der Waals surface area contributed by atoms with E-state index in [1.54, 1.807) is 22.7 Å². The van der Waals surface area contributed by atoms with E-state index in [4.69, 9.17) is 16.6 Å². The van der Waals surface area contributed by atoms with Gasteiger partial charge in [-0.3, -0.25) is 4.79 Å². The van der Waals surface area contributed by atoms with Gasteiger partial charge in [0.15, 0.2) is 0 Å². The lowest BCUT2D eigenvalue weighted by Crippen LogP contribution is -2.38. The van der Waals surface area contributed by atoms with Crippen LogP contribution in [0.15, 0.2) is 65.4 Å². The average Bonchev–Trinajstić information content (AvgIpc) is 3.51. The molecule has 0 atom stereocenters. The lowest BCUT2D eigenvalue weighted by Gasteiger charge is -2.31. The number of likely N-dealkylation sites (tertiary alicyclic amines) is 1. The zero-order valence-corrected chi connectivity index (χ0v) is 20.8. The molecule has 6 heteroatoms. The first-order chi connectivity index (χ1) is 16.1. The Morgan fingerprint density at radius 2 is 1.73 bits per heavy atom. The van der Waals surface area contributed by atoms with E-state index in [0.29, 0.717) is 12.3 Å². The molecule has 3 nitrogen and oxygen atoms in total. The number of thiophene rings is 1. The van der Waals surface area contributed by atoms with Crippen LogP contribution in [0.25, 0.3) is 21.7 Å². The predicted octanol–water partition coefficient (Wildman–Crippen LogP) is 7.45. The molecule has 1 aliphatic rings. The molecule has 0 unspecified atom stereocenters. The van der Waals surface area contributed by atoms with Crippen LogP contribution in [0.3, 0.4) is 0 Å². The molecule has 0 spiro atoms. The molecule has 5 rings (SSSR count). The number of nitrogens with zero attached hydrogens (tertiary/aromatic N) is 2. The Morgan fingerprint density at radius 3 is 2.39 bits per heavy atom. The molecule has 1 saturated heterocycles. The van der Waals surface area contributed by atoms with Gasteiger partial charge in [-0.15, -0.1) is 11.3 Å². The summed E-state index contributed by atoms with van der Waals surface area (Å²) in [4.78, 5) is 21.0. The van der Waals surface area contributed by atoms with Crippen molar-refractivity contribution in [3.63, 3.8) is 0 Å². The van der Waals surface area contributed by atoms with Crippen LogP contribution in [0, 0.1) is 6.92 Å². The highest BCUT2D eigenvalue weighted by Crippen LogP contribution is 2.41. The summed E-state index contributed by atoms with van der Waals surface area (Å²) in [6, 6.07) is 18.6. The number of hydrogen-bond donors (Lipinski definition) is 0. The van der Waals surface area contributed by atoms with Crippen molar-refractivity contribution in [2.75, 3.05) is 13.1 Å². The van der Waals surface area contributed by atoms with Gasteiger partial charge in [0, 0.05) is 29.6 Å². The van der Waals surface area contributed by atoms with E-state index >= 15 is 0 Å². The van der Waals surface area contributed by atoms with Crippen LogP contribution in [0.2, 0.25) is 5.02 Å². The van der Waals surface area contributed by atoms with E-state index in [0.717, 1.165) is 47.8 Å². The summed E-state index contributed by atoms with van der Waals surface area (Å²) >= 11 is 9.57. The van der Waals surface area contributed by atoms with Gasteiger partial charge in [-0.1, -0.05) is 53.6 Å². The van der Waals surface area contributed by atoms with E-state index < -0.39 is 0 Å². The Balaban J connectivity index is 1.37. The zero-order valence-electron chi connectivity index (χ0n) is 18.5. The number of aryl methyl sites for hydroxylation is 1. The lowest BCUT2D eigenvalue weighted by molar-refractivity contribution is -0.131. The summed E-state index contributed by atoms with van der Waals surface area (Å²) in [6.07, 6.45) is 2.41. The van der Waals surface area contributed by atoms with Crippen LogP contribution in [0.1, 0.15) is 34.9 Å². The van der Waals surface area contributed by atoms with Gasteiger partial charge in [-0.2, -0.15) is 11.3 Å². The third-order valence-electron chi connectivity index (χ3n) is 6.21. The molecule has 1 amide bonds. The van der Waals surface area contributed by atoms with Crippen LogP contribution in [0.4, 0.5) is 0 Å². The summed E-state index contributed by atoms with van der Waals surface area (Å²) in [5.41, 5.74) is 5.66. The molecule has 33 heavy (non-hydrogen) atoms. The van der Waals surface area contributed by atoms with Crippen LogP contribution in [-0.2, 0) is 11.2 Å². The first kappa shape index (κ1) is 22.3. The number of hydrogen-bond acceptors (Lipinski definition) is 4. The molecule has 0 bridgehead atoms. The monoisotopic (exact) mass is 492 g/mol. The van der Waals surface area contributed by atoms with Crippen molar-refractivity contribution in [1.82, 2.24) is 9.88 Å². The van der Waals surface area contributed by atoms with Gasteiger partial charge >= 0.3 is 0 Å². The largest absolute Gasteiger partial charge is 0.342 e. The minimum atomic E-state index is 0.230. The lowest BCUT2D eigenvalue weighted by atomic mass is 9.97. The number of amides is 1. The third kappa shape index (κ3) is 5.06. The summed E-state index contributed by atoms with van der Waals surface area (Å²) in [7, 11) is 0. The van der Waals surface area contributed by atoms with Crippen LogP contribution < -0.4 is 0 Å². The van der Waals surface area contributed by atoms with Crippen LogP contribution >= 0.6 is 34.3 Å². The summed E-state index contributed by atoms with van der Waals surface area (Å²) in [6.45, 7) is 3.70. The Morgan fingerprint density at radius 1 is 1.03 bits per heavy atom. The molecule has 0 aliphatic carbocycles. The van der Waals surface area contributed by atoms with Gasteiger partial charge in [0.1, 0.15) is 0 Å². The van der Waals surface area contributed by atoms with Gasteiger partial charge in [-0.25, -0.2) is 4.98 Å². The smallest absolute Gasteiger partial charge is 0.227 e. The molecule has 3 heterocycles. The molecule has 0 radical (unpaired) electrons. The first-order valence-electron chi connectivity index (χ1n) is 11.2. The van der Waals surface area contributed by atoms with E-state index in [2.05, 4.69) is 36.6 Å². The fourth-order valence-electron chi connectivity index (χ4n) is 4.27. The van der Waals surface area contributed by atoms with Crippen molar-refractivity contribution in [2.24, 2.45) is 0 Å². The topological polar surface area (TPSA) is 33.2 Å². The minimum Gasteiger partial charge on any atom is -0.342 e. The van der Waals surface area contributed by atoms with Gasteiger partial charge in [0.2, 0.25) is 5.91 Å². The molecule has 2 aromatic heterocycles. The fraction of sp³-hybridized carbons (Fsp3) is 0.259. The summed E-state index contributed by atoms with van der Waals surface area (Å²) < 4.78 is 0. The maximum absolute atomic E-state index is 12.7. The number of piperidine rings is 1. The number of halogens is 1. The normalized spacial score (nSPS) is 14.5. The second kappa shape index (κ2) is 9.80. The molecular formula is C27H25ClN2OS2. The molecule has 0 N–H and O–H groups in total. The highest BCUT2D eigenvalue weighted by Gasteiger charge is 2.27. The third-order valence-corrected chi connectivity index (χ3v) is 8.46. The van der Waals surface area contributed by atoms with Gasteiger partial charge in [-0.05, 0) is 59.9 Å². The van der Waals surface area contributed by atoms with Crippen molar-refractivity contribution in [3.8, 4) is 21.7 Å². The minimum absolute atomic E-state index is 0.230. The number of thiazole rings is 1. The van der Waals surface area contributed by atoms with Crippen molar-refractivity contribution in [2.45, 2.75) is 32.1 Å². The standard InChI is InChI=1S/C27H25ClN2OS2/c1-18-2-4-21(5-3-18)26-25(20-6-8-23(28)9-7-20)29-27(33-26)22-10-13-30(14-11-22)24(31)16-19-12-15-32-17-19/h2-9,12,15,17,22H,10-11,13-14,16H2,1H3. The van der Waals surface area contributed by atoms with Crippen molar-refractivity contribution in [3.05, 3.63) is 86.5 Å². The van der Waals surface area contributed by atoms with Crippen LogP contribution in [0.5, 0.6) is 0 Å². The van der Waals surface area contributed by atoms with Gasteiger partial charge in [0.25, 0.3) is 0 Å². The number of carbonyl (C=O) groups is 1. The maximum atomic E-state index is 12.7. The number of rotatable bonds is 5. The Labute approximate surface area is 207 Å². The van der Waals surface area contributed by atoms with Crippen LogP contribution in [-0.4, -0.2) is 28.9 Å². The first-order valence-corrected chi connectivity index (χ1v) is 13.3. The number of aromatic nitrogens is 1. The molecule has 2 aromatic carbocycles. The fourth-order valence-corrected chi connectivity index (χ4v) is 6.33. The quantitative estimate of drug-likeness (QED) is 0.290. The molecular weight excluding hydrogens is 468 g/mol. The average molecular weight is 493 g/mol. The Kier molecular flexibility index (Phi) is 6.63. The highest BCUT2D eigenvalue weighted by atomic mass is 35.5. The zero-order chi connectivity index (χ0) is 22.8.